The molecule has 2 spiro atoms. The minimum Gasteiger partial charge on any atom is -0.456 e. The minimum atomic E-state index is -0.749. The molecule has 3 aliphatic rings. The fourth-order valence-corrected chi connectivity index (χ4v) is 13.6. The van der Waals surface area contributed by atoms with E-state index in [2.05, 4.69) is 255 Å². The summed E-state index contributed by atoms with van der Waals surface area (Å²) in [4.78, 5) is 10.7. The van der Waals surface area contributed by atoms with Crippen molar-refractivity contribution in [3.05, 3.63) is 299 Å². The predicted molar refractivity (Wildman–Crippen MR) is 297 cm³/mol. The number of aromatic nitrogens is 2. The van der Waals surface area contributed by atoms with Crippen LogP contribution in [0, 0.1) is 0 Å². The Morgan fingerprint density at radius 1 is 0.301 bits per heavy atom. The maximum atomic E-state index is 7.24. The number of nitrogens with zero attached hydrogens (tertiary/aromatic N) is 2. The topological polar surface area (TPSA) is 38.9 Å². The van der Waals surface area contributed by atoms with Crippen molar-refractivity contribution < 1.29 is 4.42 Å². The molecule has 338 valence electrons. The molecular weight excluding hydrogens is 885 g/mol. The number of hydrogen-bond donors (Lipinski definition) is 0. The lowest BCUT2D eigenvalue weighted by Gasteiger charge is -2.48. The van der Waals surface area contributed by atoms with Crippen LogP contribution in [0.1, 0.15) is 44.5 Å². The lowest BCUT2D eigenvalue weighted by molar-refractivity contribution is 0.615. The van der Waals surface area contributed by atoms with Gasteiger partial charge in [0.25, 0.3) is 0 Å². The average molecular weight is 927 g/mol. The van der Waals surface area contributed by atoms with Gasteiger partial charge in [-0.25, -0.2) is 9.97 Å². The van der Waals surface area contributed by atoms with Crippen molar-refractivity contribution in [2.75, 3.05) is 0 Å². The molecule has 0 aliphatic heterocycles. The van der Waals surface area contributed by atoms with Gasteiger partial charge < -0.3 is 4.42 Å². The van der Waals surface area contributed by atoms with Crippen LogP contribution in [0.3, 0.4) is 0 Å². The zero-order chi connectivity index (χ0) is 47.8. The Morgan fingerprint density at radius 2 is 0.808 bits per heavy atom. The van der Waals surface area contributed by atoms with Gasteiger partial charge >= 0.3 is 0 Å². The van der Waals surface area contributed by atoms with Gasteiger partial charge in [-0.3, -0.25) is 0 Å². The number of rotatable bonds is 4. The van der Waals surface area contributed by atoms with E-state index in [1.165, 1.54) is 66.8 Å². The quantitative estimate of drug-likeness (QED) is 0.177. The van der Waals surface area contributed by atoms with Gasteiger partial charge in [-0.15, -0.1) is 0 Å². The SMILES string of the molecule is c1ccc(-c2cc(-c3cccc(-c4cccc5c4-c4ccc6c(oc7ccccc76)c4C54c5ccccc5C5(c6ccccc6-c6ccccc65)c5ccccc54)c3)nc(-c3cccc4ccccc34)n2)cc1. The van der Waals surface area contributed by atoms with Crippen LogP contribution in [0.25, 0.3) is 100.0 Å². The molecule has 0 saturated heterocycles. The molecule has 3 heteroatoms. The maximum Gasteiger partial charge on any atom is 0.161 e. The largest absolute Gasteiger partial charge is 0.456 e. The van der Waals surface area contributed by atoms with Crippen LogP contribution in [0.5, 0.6) is 0 Å². The zero-order valence-electron chi connectivity index (χ0n) is 39.6. The van der Waals surface area contributed by atoms with Crippen LogP contribution >= 0.6 is 0 Å². The predicted octanol–water partition coefficient (Wildman–Crippen LogP) is 17.2. The van der Waals surface area contributed by atoms with Gasteiger partial charge in [0, 0.05) is 33.0 Å². The third kappa shape index (κ3) is 5.33. The van der Waals surface area contributed by atoms with Crippen LogP contribution in [0.15, 0.2) is 259 Å². The first-order valence-corrected chi connectivity index (χ1v) is 25.2. The van der Waals surface area contributed by atoms with Crippen molar-refractivity contribution in [1.82, 2.24) is 9.97 Å². The Labute approximate surface area is 422 Å². The Bertz CT molecular complexity index is 4370. The second-order valence-electron chi connectivity index (χ2n) is 19.8. The number of para-hydroxylation sites is 1. The van der Waals surface area contributed by atoms with Gasteiger partial charge in [-0.1, -0.05) is 231 Å². The summed E-state index contributed by atoms with van der Waals surface area (Å²) in [7, 11) is 0. The lowest BCUT2D eigenvalue weighted by Crippen LogP contribution is -2.43. The van der Waals surface area contributed by atoms with E-state index in [0.29, 0.717) is 5.82 Å². The maximum absolute atomic E-state index is 7.24. The average Bonchev–Trinajstić information content (AvgIpc) is 4.10. The molecule has 0 saturated carbocycles. The first kappa shape index (κ1) is 40.3. The van der Waals surface area contributed by atoms with E-state index in [-0.39, 0.29) is 0 Å². The van der Waals surface area contributed by atoms with Crippen molar-refractivity contribution in [3.63, 3.8) is 0 Å². The van der Waals surface area contributed by atoms with Crippen molar-refractivity contribution >= 4 is 32.7 Å². The zero-order valence-corrected chi connectivity index (χ0v) is 39.6. The molecule has 16 rings (SSSR count). The second-order valence-corrected chi connectivity index (χ2v) is 19.8. The number of furan rings is 1. The molecule has 3 nitrogen and oxygen atoms in total. The Hall–Kier alpha value is -9.44. The van der Waals surface area contributed by atoms with Crippen molar-refractivity contribution in [2.24, 2.45) is 0 Å². The molecule has 2 aromatic heterocycles. The molecule has 73 heavy (non-hydrogen) atoms. The minimum absolute atomic E-state index is 0.552. The van der Waals surface area contributed by atoms with E-state index in [1.807, 2.05) is 0 Å². The molecule has 0 bridgehead atoms. The van der Waals surface area contributed by atoms with E-state index in [0.717, 1.165) is 71.9 Å². The highest BCUT2D eigenvalue weighted by Gasteiger charge is 2.60. The fraction of sp³-hybridized carbons (Fsp3) is 0.0286. The Balaban J connectivity index is 0.977. The lowest BCUT2D eigenvalue weighted by atomic mass is 9.52. The Morgan fingerprint density at radius 3 is 1.55 bits per heavy atom. The molecule has 0 radical (unpaired) electrons. The van der Waals surface area contributed by atoms with Gasteiger partial charge in [-0.2, -0.15) is 0 Å². The van der Waals surface area contributed by atoms with Gasteiger partial charge in [0.15, 0.2) is 5.82 Å². The highest BCUT2D eigenvalue weighted by Crippen LogP contribution is 2.69. The normalized spacial score (nSPS) is 14.0. The fourth-order valence-electron chi connectivity index (χ4n) is 13.6. The van der Waals surface area contributed by atoms with Crippen molar-refractivity contribution in [3.8, 4) is 67.3 Å². The van der Waals surface area contributed by atoms with Crippen LogP contribution in [-0.4, -0.2) is 9.97 Å². The third-order valence-electron chi connectivity index (χ3n) is 16.4. The van der Waals surface area contributed by atoms with E-state index >= 15 is 0 Å². The van der Waals surface area contributed by atoms with Crippen LogP contribution in [0.4, 0.5) is 0 Å². The molecule has 13 aromatic rings. The number of hydrogen-bond acceptors (Lipinski definition) is 3. The summed E-state index contributed by atoms with van der Waals surface area (Å²) in [5.74, 6) is 0.699. The first-order chi connectivity index (χ1) is 36.2. The summed E-state index contributed by atoms with van der Waals surface area (Å²) in [6, 6.07) is 93.4. The summed E-state index contributed by atoms with van der Waals surface area (Å²) in [6.45, 7) is 0. The number of benzene rings is 11. The van der Waals surface area contributed by atoms with Crippen molar-refractivity contribution in [2.45, 2.75) is 10.8 Å². The molecular formula is C70H42N2O. The van der Waals surface area contributed by atoms with E-state index in [9.17, 15) is 0 Å². The van der Waals surface area contributed by atoms with Crippen molar-refractivity contribution in [1.29, 1.82) is 0 Å². The summed E-state index contributed by atoms with van der Waals surface area (Å²) < 4.78 is 7.24. The van der Waals surface area contributed by atoms with E-state index in [4.69, 9.17) is 14.4 Å². The Kier molecular flexibility index (Phi) is 8.30. The van der Waals surface area contributed by atoms with Gasteiger partial charge in [-0.05, 0) is 107 Å². The second kappa shape index (κ2) is 15.0. The van der Waals surface area contributed by atoms with Gasteiger partial charge in [0.05, 0.1) is 22.2 Å². The molecule has 0 amide bonds. The molecule has 2 heterocycles. The molecule has 0 unspecified atom stereocenters. The summed E-state index contributed by atoms with van der Waals surface area (Å²) >= 11 is 0. The highest BCUT2D eigenvalue weighted by molar-refractivity contribution is 6.12. The summed E-state index contributed by atoms with van der Waals surface area (Å²) in [6.07, 6.45) is 0. The third-order valence-corrected chi connectivity index (χ3v) is 16.4. The highest BCUT2D eigenvalue weighted by atomic mass is 16.3. The van der Waals surface area contributed by atoms with E-state index < -0.39 is 10.8 Å². The monoisotopic (exact) mass is 926 g/mol. The van der Waals surface area contributed by atoms with Gasteiger partial charge in [0.1, 0.15) is 11.2 Å². The standard InChI is InChI=1S/C70H42N2O/c1-2-20-44(21-3-1)62-42-63(72-68(71-62)53-30-17-22-43-19-4-5-25-47(43)53)46-24-16-23-45(41-46)48-29-18-37-61-65(48)54-40-39-52-51-28-8-15-38-64(51)73-67(52)66(54)70(61)59-35-13-11-33-57(59)69(58-34-12-14-36-60(58)70)55-31-9-6-26-49(55)50-27-7-10-32-56(50)69/h1-42H. The van der Waals surface area contributed by atoms with Crippen LogP contribution in [-0.2, 0) is 10.8 Å². The molecule has 0 fully saturated rings. The van der Waals surface area contributed by atoms with Crippen LogP contribution < -0.4 is 0 Å². The number of fused-ring (bicyclic) bond motifs is 21. The summed E-state index contributed by atoms with van der Waals surface area (Å²) in [5, 5.41) is 4.52. The molecule has 0 atom stereocenters. The molecule has 3 aliphatic carbocycles. The molecule has 0 N–H and O–H groups in total. The molecule has 11 aromatic carbocycles. The smallest absolute Gasteiger partial charge is 0.161 e. The summed E-state index contributed by atoms with van der Waals surface area (Å²) in [5.41, 5.74) is 22.8. The van der Waals surface area contributed by atoms with E-state index in [1.54, 1.807) is 0 Å². The first-order valence-electron chi connectivity index (χ1n) is 25.2. The van der Waals surface area contributed by atoms with Crippen LogP contribution in [0.2, 0.25) is 0 Å². The van der Waals surface area contributed by atoms with Gasteiger partial charge in [0.2, 0.25) is 0 Å².